The van der Waals surface area contributed by atoms with Crippen LogP contribution >= 0.6 is 0 Å². The van der Waals surface area contributed by atoms with Crippen molar-refractivity contribution in [3.63, 3.8) is 0 Å². The number of nitrogens with zero attached hydrogens (tertiary/aromatic N) is 2. The summed E-state index contributed by atoms with van der Waals surface area (Å²) >= 11 is 0. The maximum absolute atomic E-state index is 12.3. The highest BCUT2D eigenvalue weighted by atomic mass is 16.5. The van der Waals surface area contributed by atoms with Gasteiger partial charge < -0.3 is 14.2 Å². The summed E-state index contributed by atoms with van der Waals surface area (Å²) in [6, 6.07) is 10.4. The molecule has 2 heterocycles. The van der Waals surface area contributed by atoms with Gasteiger partial charge in [0.1, 0.15) is 11.3 Å². The van der Waals surface area contributed by atoms with E-state index >= 15 is 0 Å². The van der Waals surface area contributed by atoms with Crippen molar-refractivity contribution in [2.24, 2.45) is 5.92 Å². The standard InChI is InChI=1S/C20H24N2O4/c1-14-19(15(2)26-21-14)20(24)25-13-18(23)22-10-8-17(9-11-22)12-16-6-4-3-5-7-16/h3-7,17H,8-13H2,1-2H3. The molecule has 1 saturated heterocycles. The third-order valence-corrected chi connectivity index (χ3v) is 4.90. The SMILES string of the molecule is Cc1noc(C)c1C(=O)OCC(=O)N1CCC(Cc2ccccc2)CC1. The summed E-state index contributed by atoms with van der Waals surface area (Å²) in [4.78, 5) is 26.2. The first-order valence-electron chi connectivity index (χ1n) is 8.96. The van der Waals surface area contributed by atoms with Crippen molar-refractivity contribution in [1.29, 1.82) is 0 Å². The predicted molar refractivity (Wildman–Crippen MR) is 95.7 cm³/mol. The molecule has 2 aromatic rings. The fraction of sp³-hybridized carbons (Fsp3) is 0.450. The van der Waals surface area contributed by atoms with Crippen LogP contribution in [0.5, 0.6) is 0 Å². The molecule has 1 amide bonds. The van der Waals surface area contributed by atoms with E-state index in [4.69, 9.17) is 9.26 Å². The zero-order valence-corrected chi connectivity index (χ0v) is 15.2. The highest BCUT2D eigenvalue weighted by molar-refractivity contribution is 5.93. The largest absolute Gasteiger partial charge is 0.452 e. The summed E-state index contributed by atoms with van der Waals surface area (Å²) in [6.45, 7) is 4.49. The van der Waals surface area contributed by atoms with Crippen LogP contribution < -0.4 is 0 Å². The molecule has 1 aliphatic rings. The first-order valence-corrected chi connectivity index (χ1v) is 8.96. The van der Waals surface area contributed by atoms with E-state index < -0.39 is 5.97 Å². The van der Waals surface area contributed by atoms with Gasteiger partial charge in [0.25, 0.3) is 5.91 Å². The number of benzene rings is 1. The van der Waals surface area contributed by atoms with Crippen molar-refractivity contribution >= 4 is 11.9 Å². The highest BCUT2D eigenvalue weighted by Crippen LogP contribution is 2.22. The quantitative estimate of drug-likeness (QED) is 0.770. The number of carbonyl (C=O) groups is 2. The number of hydrogen-bond acceptors (Lipinski definition) is 5. The van der Waals surface area contributed by atoms with E-state index in [9.17, 15) is 9.59 Å². The topological polar surface area (TPSA) is 72.6 Å². The van der Waals surface area contributed by atoms with Crippen LogP contribution in [0.25, 0.3) is 0 Å². The molecule has 0 N–H and O–H groups in total. The summed E-state index contributed by atoms with van der Waals surface area (Å²) in [7, 11) is 0. The number of rotatable bonds is 5. The lowest BCUT2D eigenvalue weighted by Gasteiger charge is -2.32. The summed E-state index contributed by atoms with van der Waals surface area (Å²) in [6.07, 6.45) is 2.99. The van der Waals surface area contributed by atoms with E-state index in [1.54, 1.807) is 18.7 Å². The second kappa shape index (κ2) is 8.17. The van der Waals surface area contributed by atoms with Crippen molar-refractivity contribution in [3.8, 4) is 0 Å². The third-order valence-electron chi connectivity index (χ3n) is 4.90. The fourth-order valence-corrected chi connectivity index (χ4v) is 3.40. The summed E-state index contributed by atoms with van der Waals surface area (Å²) in [5, 5.41) is 3.73. The molecule has 1 fully saturated rings. The van der Waals surface area contributed by atoms with Gasteiger partial charge in [-0.05, 0) is 44.6 Å². The lowest BCUT2D eigenvalue weighted by atomic mass is 9.90. The number of esters is 1. The molecule has 26 heavy (non-hydrogen) atoms. The van der Waals surface area contributed by atoms with Crippen LogP contribution in [0.4, 0.5) is 0 Å². The number of aromatic nitrogens is 1. The van der Waals surface area contributed by atoms with Gasteiger partial charge >= 0.3 is 5.97 Å². The first-order chi connectivity index (χ1) is 12.5. The average molecular weight is 356 g/mol. The molecule has 0 saturated carbocycles. The minimum atomic E-state index is -0.562. The Bertz CT molecular complexity index is 742. The van der Waals surface area contributed by atoms with Crippen molar-refractivity contribution < 1.29 is 18.8 Å². The van der Waals surface area contributed by atoms with Gasteiger partial charge in [-0.25, -0.2) is 4.79 Å². The smallest absolute Gasteiger partial charge is 0.344 e. The molecule has 1 aliphatic heterocycles. The third kappa shape index (κ3) is 4.31. The molecule has 0 bridgehead atoms. The second-order valence-electron chi connectivity index (χ2n) is 6.79. The Balaban J connectivity index is 1.44. The molecule has 138 valence electrons. The van der Waals surface area contributed by atoms with Crippen molar-refractivity contribution in [3.05, 3.63) is 52.9 Å². The van der Waals surface area contributed by atoms with Gasteiger partial charge in [0.2, 0.25) is 0 Å². The fourth-order valence-electron chi connectivity index (χ4n) is 3.40. The van der Waals surface area contributed by atoms with Crippen LogP contribution in [0.3, 0.4) is 0 Å². The predicted octanol–water partition coefficient (Wildman–Crippen LogP) is 2.93. The van der Waals surface area contributed by atoms with Crippen LogP contribution in [0.15, 0.2) is 34.9 Å². The van der Waals surface area contributed by atoms with E-state index in [1.807, 2.05) is 6.07 Å². The Morgan fingerprint density at radius 2 is 1.88 bits per heavy atom. The normalized spacial score (nSPS) is 15.1. The van der Waals surface area contributed by atoms with Gasteiger partial charge in [-0.15, -0.1) is 0 Å². The van der Waals surface area contributed by atoms with Crippen molar-refractivity contribution in [1.82, 2.24) is 10.1 Å². The van der Waals surface area contributed by atoms with E-state index in [0.717, 1.165) is 19.3 Å². The minimum absolute atomic E-state index is 0.150. The molecule has 3 rings (SSSR count). The Morgan fingerprint density at radius 1 is 1.19 bits per heavy atom. The Hall–Kier alpha value is -2.63. The Morgan fingerprint density at radius 3 is 2.50 bits per heavy atom. The number of likely N-dealkylation sites (tertiary alicyclic amines) is 1. The lowest BCUT2D eigenvalue weighted by molar-refractivity contribution is -0.135. The molecule has 0 radical (unpaired) electrons. The first kappa shape index (κ1) is 18.2. The van der Waals surface area contributed by atoms with Crippen LogP contribution in [-0.4, -0.2) is 41.6 Å². The lowest BCUT2D eigenvalue weighted by Crippen LogP contribution is -2.41. The molecule has 0 atom stereocenters. The minimum Gasteiger partial charge on any atom is -0.452 e. The maximum atomic E-state index is 12.3. The number of amides is 1. The number of piperidine rings is 1. The van der Waals surface area contributed by atoms with Crippen LogP contribution in [0.2, 0.25) is 0 Å². The molecular weight excluding hydrogens is 332 g/mol. The molecule has 6 heteroatoms. The van der Waals surface area contributed by atoms with E-state index in [1.165, 1.54) is 5.56 Å². The van der Waals surface area contributed by atoms with Gasteiger partial charge in [-0.3, -0.25) is 4.79 Å². The van der Waals surface area contributed by atoms with Crippen LogP contribution in [0, 0.1) is 19.8 Å². The van der Waals surface area contributed by atoms with Crippen molar-refractivity contribution in [2.45, 2.75) is 33.1 Å². The van der Waals surface area contributed by atoms with Gasteiger partial charge in [-0.2, -0.15) is 0 Å². The van der Waals surface area contributed by atoms with Crippen molar-refractivity contribution in [2.75, 3.05) is 19.7 Å². The zero-order chi connectivity index (χ0) is 18.5. The van der Waals surface area contributed by atoms with Gasteiger partial charge in [0, 0.05) is 13.1 Å². The summed E-state index contributed by atoms with van der Waals surface area (Å²) in [5.41, 5.74) is 2.12. The number of carbonyl (C=O) groups excluding carboxylic acids is 2. The van der Waals surface area contributed by atoms with Crippen LogP contribution in [0.1, 0.15) is 40.2 Å². The molecule has 6 nitrogen and oxygen atoms in total. The highest BCUT2D eigenvalue weighted by Gasteiger charge is 2.25. The Labute approximate surface area is 153 Å². The van der Waals surface area contributed by atoms with Crippen LogP contribution in [-0.2, 0) is 16.0 Å². The molecule has 1 aromatic carbocycles. The second-order valence-corrected chi connectivity index (χ2v) is 6.79. The van der Waals surface area contributed by atoms with E-state index in [0.29, 0.717) is 36.0 Å². The molecule has 0 aliphatic carbocycles. The van der Waals surface area contributed by atoms with Gasteiger partial charge in [0.15, 0.2) is 6.61 Å². The molecule has 0 unspecified atom stereocenters. The summed E-state index contributed by atoms with van der Waals surface area (Å²) in [5.74, 6) is 0.282. The monoisotopic (exact) mass is 356 g/mol. The molecular formula is C20H24N2O4. The summed E-state index contributed by atoms with van der Waals surface area (Å²) < 4.78 is 10.1. The number of hydrogen-bond donors (Lipinski definition) is 0. The molecule has 1 aromatic heterocycles. The number of ether oxygens (including phenoxy) is 1. The maximum Gasteiger partial charge on any atom is 0.344 e. The van der Waals surface area contributed by atoms with E-state index in [2.05, 4.69) is 29.4 Å². The zero-order valence-electron chi connectivity index (χ0n) is 15.2. The van der Waals surface area contributed by atoms with Gasteiger partial charge in [0.05, 0.1) is 5.69 Å². The average Bonchev–Trinajstić information content (AvgIpc) is 2.99. The van der Waals surface area contributed by atoms with Gasteiger partial charge in [-0.1, -0.05) is 35.5 Å². The Kier molecular flexibility index (Phi) is 5.71. The number of aryl methyl sites for hydroxylation is 2. The molecule has 0 spiro atoms. The van der Waals surface area contributed by atoms with E-state index in [-0.39, 0.29) is 12.5 Å².